The van der Waals surface area contributed by atoms with Crippen LogP contribution in [-0.2, 0) is 27.5 Å². The molecule has 0 amide bonds. The Balaban J connectivity index is 1.75. The van der Waals surface area contributed by atoms with Crippen molar-refractivity contribution in [3.63, 3.8) is 0 Å². The first kappa shape index (κ1) is 21.7. The van der Waals surface area contributed by atoms with Crippen molar-refractivity contribution < 1.29 is 28.8 Å². The molecule has 1 N–H and O–H groups in total. The Morgan fingerprint density at radius 2 is 1.68 bits per heavy atom. The van der Waals surface area contributed by atoms with Crippen LogP contribution in [0.2, 0.25) is 0 Å². The number of ether oxygens (including phenoxy) is 4. The van der Waals surface area contributed by atoms with Crippen molar-refractivity contribution >= 4 is 11.5 Å². The summed E-state index contributed by atoms with van der Waals surface area (Å²) in [6, 6.07) is 17.5. The molecule has 7 nitrogen and oxygen atoms in total. The van der Waals surface area contributed by atoms with Gasteiger partial charge in [-0.05, 0) is 23.3 Å². The van der Waals surface area contributed by atoms with E-state index in [0.29, 0.717) is 17.1 Å². The highest BCUT2D eigenvalue weighted by molar-refractivity contribution is 6.16. The Kier molecular flexibility index (Phi) is 7.48. The largest absolute Gasteiger partial charge is 0.508 e. The third kappa shape index (κ3) is 5.99. The van der Waals surface area contributed by atoms with Gasteiger partial charge in [0.2, 0.25) is 0 Å². The highest BCUT2D eigenvalue weighted by Gasteiger charge is 2.17. The SMILES string of the molecule is COC=C(C(=O)OC)c1ccccc1COc1cc(O)cc(OCc2ccccn2)c1. The van der Waals surface area contributed by atoms with Crippen molar-refractivity contribution in [3.05, 3.63) is 89.9 Å². The molecule has 1 aromatic heterocycles. The van der Waals surface area contributed by atoms with E-state index in [-0.39, 0.29) is 24.5 Å². The molecule has 0 fully saturated rings. The van der Waals surface area contributed by atoms with E-state index in [1.54, 1.807) is 18.3 Å². The lowest BCUT2D eigenvalue weighted by molar-refractivity contribution is -0.133. The van der Waals surface area contributed by atoms with E-state index in [2.05, 4.69) is 4.98 Å². The Bertz CT molecular complexity index is 1050. The fourth-order valence-corrected chi connectivity index (χ4v) is 2.88. The first-order valence-electron chi connectivity index (χ1n) is 9.50. The van der Waals surface area contributed by atoms with Crippen molar-refractivity contribution in [2.45, 2.75) is 13.2 Å². The van der Waals surface area contributed by atoms with Gasteiger partial charge >= 0.3 is 5.97 Å². The first-order chi connectivity index (χ1) is 15.1. The molecule has 0 saturated carbocycles. The third-order valence-electron chi connectivity index (χ3n) is 4.32. The van der Waals surface area contributed by atoms with E-state index >= 15 is 0 Å². The number of hydrogen-bond donors (Lipinski definition) is 1. The molecule has 3 rings (SSSR count). The van der Waals surface area contributed by atoms with Gasteiger partial charge in [0.15, 0.2) is 0 Å². The van der Waals surface area contributed by atoms with Crippen LogP contribution < -0.4 is 9.47 Å². The van der Waals surface area contributed by atoms with Crippen LogP contribution in [0, 0.1) is 0 Å². The minimum Gasteiger partial charge on any atom is -0.508 e. The Morgan fingerprint density at radius 3 is 2.35 bits per heavy atom. The summed E-state index contributed by atoms with van der Waals surface area (Å²) in [7, 11) is 2.77. The quantitative estimate of drug-likeness (QED) is 0.316. The average molecular weight is 421 g/mol. The normalized spacial score (nSPS) is 11.0. The summed E-state index contributed by atoms with van der Waals surface area (Å²) in [5.74, 6) is 0.359. The fourth-order valence-electron chi connectivity index (χ4n) is 2.88. The lowest BCUT2D eigenvalue weighted by Gasteiger charge is -2.14. The lowest BCUT2D eigenvalue weighted by Crippen LogP contribution is -2.08. The van der Waals surface area contributed by atoms with Gasteiger partial charge in [-0.25, -0.2) is 4.79 Å². The standard InChI is InChI=1S/C24H23NO6/c1-28-16-23(24(27)29-2)22-9-4-3-7-17(22)14-30-20-11-19(26)12-21(13-20)31-15-18-8-5-6-10-25-18/h3-13,16,26H,14-15H2,1-2H3. The maximum Gasteiger partial charge on any atom is 0.341 e. The second-order valence-electron chi connectivity index (χ2n) is 6.48. The molecule has 0 bridgehead atoms. The van der Waals surface area contributed by atoms with Gasteiger partial charge in [-0.3, -0.25) is 4.98 Å². The zero-order chi connectivity index (χ0) is 22.1. The molecule has 0 radical (unpaired) electrons. The number of pyridine rings is 1. The number of phenols is 1. The van der Waals surface area contributed by atoms with E-state index in [9.17, 15) is 9.90 Å². The number of aromatic hydroxyl groups is 1. The van der Waals surface area contributed by atoms with E-state index in [4.69, 9.17) is 18.9 Å². The number of esters is 1. The number of carbonyl (C=O) groups excluding carboxylic acids is 1. The van der Waals surface area contributed by atoms with Gasteiger partial charge in [0.1, 0.15) is 36.0 Å². The van der Waals surface area contributed by atoms with Crippen LogP contribution in [0.1, 0.15) is 16.8 Å². The van der Waals surface area contributed by atoms with Crippen LogP contribution in [0.3, 0.4) is 0 Å². The molecule has 0 unspecified atom stereocenters. The number of nitrogens with zero attached hydrogens (tertiary/aromatic N) is 1. The average Bonchev–Trinajstić information content (AvgIpc) is 2.80. The number of methoxy groups -OCH3 is 2. The van der Waals surface area contributed by atoms with Gasteiger partial charge in [-0.15, -0.1) is 0 Å². The van der Waals surface area contributed by atoms with E-state index < -0.39 is 5.97 Å². The smallest absolute Gasteiger partial charge is 0.341 e. The van der Waals surface area contributed by atoms with Gasteiger partial charge in [-0.1, -0.05) is 30.3 Å². The topological polar surface area (TPSA) is 87.1 Å². The summed E-state index contributed by atoms with van der Waals surface area (Å²) in [5.41, 5.74) is 2.42. The fraction of sp³-hybridized carbons (Fsp3) is 0.167. The van der Waals surface area contributed by atoms with Crippen LogP contribution in [0.15, 0.2) is 73.1 Å². The van der Waals surface area contributed by atoms with E-state index in [0.717, 1.165) is 11.3 Å². The Hall–Kier alpha value is -4.00. The molecule has 1 heterocycles. The van der Waals surface area contributed by atoms with Crippen LogP contribution in [0.25, 0.3) is 5.57 Å². The maximum absolute atomic E-state index is 12.1. The lowest BCUT2D eigenvalue weighted by atomic mass is 10.0. The van der Waals surface area contributed by atoms with E-state index in [1.807, 2.05) is 36.4 Å². The number of carbonyl (C=O) groups is 1. The highest BCUT2D eigenvalue weighted by atomic mass is 16.5. The summed E-state index contributed by atoms with van der Waals surface area (Å²) < 4.78 is 21.5. The second kappa shape index (κ2) is 10.7. The van der Waals surface area contributed by atoms with Gasteiger partial charge in [0.25, 0.3) is 0 Å². The van der Waals surface area contributed by atoms with Gasteiger partial charge in [-0.2, -0.15) is 0 Å². The Labute approximate surface area is 180 Å². The molecule has 0 spiro atoms. The number of hydrogen-bond acceptors (Lipinski definition) is 7. The first-order valence-corrected chi connectivity index (χ1v) is 9.50. The number of rotatable bonds is 9. The van der Waals surface area contributed by atoms with Crippen LogP contribution >= 0.6 is 0 Å². The molecule has 7 heteroatoms. The molecule has 0 aliphatic heterocycles. The molecule has 2 aromatic carbocycles. The summed E-state index contributed by atoms with van der Waals surface area (Å²) in [6.45, 7) is 0.411. The summed E-state index contributed by atoms with van der Waals surface area (Å²) >= 11 is 0. The maximum atomic E-state index is 12.1. The second-order valence-corrected chi connectivity index (χ2v) is 6.48. The number of aromatic nitrogens is 1. The molecule has 3 aromatic rings. The summed E-state index contributed by atoms with van der Waals surface area (Å²) in [4.78, 5) is 16.3. The van der Waals surface area contributed by atoms with Crippen LogP contribution in [0.5, 0.6) is 17.2 Å². The molecule has 0 saturated heterocycles. The molecule has 160 valence electrons. The monoisotopic (exact) mass is 421 g/mol. The zero-order valence-electron chi connectivity index (χ0n) is 17.3. The van der Waals surface area contributed by atoms with Crippen molar-refractivity contribution in [2.75, 3.05) is 14.2 Å². The zero-order valence-corrected chi connectivity index (χ0v) is 17.3. The van der Waals surface area contributed by atoms with Gasteiger partial charge in [0, 0.05) is 24.4 Å². The van der Waals surface area contributed by atoms with Crippen molar-refractivity contribution in [1.29, 1.82) is 0 Å². The van der Waals surface area contributed by atoms with Crippen LogP contribution in [-0.4, -0.2) is 30.3 Å². The molecule has 0 aliphatic rings. The molecular formula is C24H23NO6. The number of phenolic OH excluding ortho intramolecular Hbond substituents is 1. The predicted octanol–water partition coefficient (Wildman–Crippen LogP) is 4.11. The Morgan fingerprint density at radius 1 is 0.968 bits per heavy atom. The minimum absolute atomic E-state index is 0.0105. The van der Waals surface area contributed by atoms with Crippen molar-refractivity contribution in [1.82, 2.24) is 4.98 Å². The predicted molar refractivity (Wildman–Crippen MR) is 114 cm³/mol. The molecule has 0 aliphatic carbocycles. The van der Waals surface area contributed by atoms with Gasteiger partial charge < -0.3 is 24.1 Å². The summed E-state index contributed by atoms with van der Waals surface area (Å²) in [5, 5.41) is 10.0. The van der Waals surface area contributed by atoms with Crippen molar-refractivity contribution in [2.24, 2.45) is 0 Å². The summed E-state index contributed by atoms with van der Waals surface area (Å²) in [6.07, 6.45) is 3.02. The van der Waals surface area contributed by atoms with Gasteiger partial charge in [0.05, 0.1) is 26.2 Å². The molecule has 31 heavy (non-hydrogen) atoms. The highest BCUT2D eigenvalue weighted by Crippen LogP contribution is 2.29. The molecular weight excluding hydrogens is 398 g/mol. The van der Waals surface area contributed by atoms with E-state index in [1.165, 1.54) is 32.6 Å². The van der Waals surface area contributed by atoms with Crippen molar-refractivity contribution in [3.8, 4) is 17.2 Å². The number of benzene rings is 2. The van der Waals surface area contributed by atoms with Crippen LogP contribution in [0.4, 0.5) is 0 Å². The third-order valence-corrected chi connectivity index (χ3v) is 4.32. The molecule has 0 atom stereocenters. The minimum atomic E-state index is -0.517.